The molecule has 1 aromatic carbocycles. The van der Waals surface area contributed by atoms with Crippen LogP contribution < -0.4 is 10.2 Å². The predicted octanol–water partition coefficient (Wildman–Crippen LogP) is 2.07. The van der Waals surface area contributed by atoms with Crippen LogP contribution in [0, 0.1) is 6.92 Å². The first-order chi connectivity index (χ1) is 10.6. The van der Waals surface area contributed by atoms with E-state index in [9.17, 15) is 9.59 Å². The van der Waals surface area contributed by atoms with Crippen molar-refractivity contribution in [3.05, 3.63) is 40.6 Å². The fraction of sp³-hybridized carbons (Fsp3) is 0.312. The van der Waals surface area contributed by atoms with Crippen molar-refractivity contribution in [1.29, 1.82) is 0 Å². The number of carbonyl (C=O) groups is 2. The van der Waals surface area contributed by atoms with Crippen molar-refractivity contribution in [3.63, 3.8) is 0 Å². The fourth-order valence-corrected chi connectivity index (χ4v) is 3.22. The summed E-state index contributed by atoms with van der Waals surface area (Å²) in [5, 5.41) is 6.48. The Bertz CT molecular complexity index is 794. The molecule has 2 aliphatic heterocycles. The molecule has 0 saturated carbocycles. The molecule has 0 atom stereocenters. The summed E-state index contributed by atoms with van der Waals surface area (Å²) in [7, 11) is 0. The van der Waals surface area contributed by atoms with Crippen LogP contribution in [0.15, 0.2) is 22.7 Å². The fourth-order valence-electron chi connectivity index (χ4n) is 3.22. The topological polar surface area (TPSA) is 75.4 Å². The van der Waals surface area contributed by atoms with E-state index >= 15 is 0 Å². The van der Waals surface area contributed by atoms with E-state index in [1.807, 2.05) is 17.0 Å². The van der Waals surface area contributed by atoms with Gasteiger partial charge in [0.15, 0.2) is 5.82 Å². The quantitative estimate of drug-likeness (QED) is 0.920. The molecule has 1 aromatic heterocycles. The lowest BCUT2D eigenvalue weighted by Crippen LogP contribution is -2.31. The van der Waals surface area contributed by atoms with Crippen molar-refractivity contribution in [2.45, 2.75) is 26.2 Å². The van der Waals surface area contributed by atoms with Crippen LogP contribution in [0.4, 0.5) is 11.5 Å². The summed E-state index contributed by atoms with van der Waals surface area (Å²) in [5.74, 6) is 0.930. The van der Waals surface area contributed by atoms with Crippen LogP contribution in [0.2, 0.25) is 0 Å². The molecular weight excluding hydrogens is 282 g/mol. The highest BCUT2D eigenvalue weighted by molar-refractivity contribution is 6.07. The first-order valence-corrected chi connectivity index (χ1v) is 7.32. The number of aryl methyl sites for hydroxylation is 2. The highest BCUT2D eigenvalue weighted by Crippen LogP contribution is 2.37. The average Bonchev–Trinajstić information content (AvgIpc) is 3.04. The molecule has 6 nitrogen and oxygen atoms in total. The number of nitrogens with zero attached hydrogens (tertiary/aromatic N) is 2. The van der Waals surface area contributed by atoms with Crippen LogP contribution in [0.1, 0.15) is 33.7 Å². The van der Waals surface area contributed by atoms with Crippen molar-refractivity contribution in [3.8, 4) is 0 Å². The molecule has 0 saturated heterocycles. The zero-order valence-corrected chi connectivity index (χ0v) is 12.2. The van der Waals surface area contributed by atoms with Crippen LogP contribution >= 0.6 is 0 Å². The number of aromatic nitrogens is 1. The molecule has 0 spiro atoms. The molecule has 0 bridgehead atoms. The SMILES string of the molecule is Cc1cc(NC(=O)c2cc3c4c(c2)CC(=O)N4CCC3)no1. The number of rotatable bonds is 2. The second-order valence-electron chi connectivity index (χ2n) is 5.75. The molecular formula is C16H15N3O3. The van der Waals surface area contributed by atoms with Crippen LogP contribution in [-0.2, 0) is 17.6 Å². The van der Waals surface area contributed by atoms with E-state index in [1.54, 1.807) is 13.0 Å². The molecule has 3 heterocycles. The molecule has 6 heteroatoms. The lowest BCUT2D eigenvalue weighted by Gasteiger charge is -2.25. The first kappa shape index (κ1) is 13.1. The van der Waals surface area contributed by atoms with E-state index in [0.717, 1.165) is 36.2 Å². The monoisotopic (exact) mass is 297 g/mol. The number of benzene rings is 1. The van der Waals surface area contributed by atoms with E-state index in [2.05, 4.69) is 10.5 Å². The third kappa shape index (κ3) is 1.99. The standard InChI is InChI=1S/C16H15N3O3/c1-9-5-13(18-22-9)17-16(21)12-6-10-3-2-4-19-14(20)8-11(7-12)15(10)19/h5-7H,2-4,8H2,1H3,(H,17,18,21). The van der Waals surface area contributed by atoms with E-state index in [4.69, 9.17) is 4.52 Å². The van der Waals surface area contributed by atoms with Crippen LogP contribution in [-0.4, -0.2) is 23.5 Å². The Morgan fingerprint density at radius 2 is 2.14 bits per heavy atom. The number of nitrogens with one attached hydrogen (secondary N) is 1. The summed E-state index contributed by atoms with van der Waals surface area (Å²) < 4.78 is 4.94. The average molecular weight is 297 g/mol. The number of carbonyl (C=O) groups excluding carboxylic acids is 2. The second-order valence-corrected chi connectivity index (χ2v) is 5.75. The number of hydrogen-bond donors (Lipinski definition) is 1. The van der Waals surface area contributed by atoms with Crippen molar-refractivity contribution < 1.29 is 14.1 Å². The van der Waals surface area contributed by atoms with Crippen LogP contribution in [0.5, 0.6) is 0 Å². The zero-order chi connectivity index (χ0) is 15.3. The minimum Gasteiger partial charge on any atom is -0.360 e. The minimum absolute atomic E-state index is 0.126. The van der Waals surface area contributed by atoms with E-state index in [1.165, 1.54) is 0 Å². The van der Waals surface area contributed by atoms with Crippen molar-refractivity contribution in [1.82, 2.24) is 5.16 Å². The van der Waals surface area contributed by atoms with Gasteiger partial charge in [0.1, 0.15) is 5.76 Å². The molecule has 0 unspecified atom stereocenters. The lowest BCUT2D eigenvalue weighted by molar-refractivity contribution is -0.117. The maximum absolute atomic E-state index is 12.4. The van der Waals surface area contributed by atoms with Gasteiger partial charge < -0.3 is 14.7 Å². The van der Waals surface area contributed by atoms with Crippen molar-refractivity contribution >= 4 is 23.3 Å². The molecule has 22 heavy (non-hydrogen) atoms. The van der Waals surface area contributed by atoms with E-state index in [-0.39, 0.29) is 11.8 Å². The third-order valence-electron chi connectivity index (χ3n) is 4.14. The summed E-state index contributed by atoms with van der Waals surface area (Å²) in [6.07, 6.45) is 2.22. The van der Waals surface area contributed by atoms with E-state index in [0.29, 0.717) is 23.6 Å². The summed E-state index contributed by atoms with van der Waals surface area (Å²) in [4.78, 5) is 26.3. The van der Waals surface area contributed by atoms with Crippen molar-refractivity contribution in [2.24, 2.45) is 0 Å². The minimum atomic E-state index is -0.233. The maximum Gasteiger partial charge on any atom is 0.256 e. The largest absolute Gasteiger partial charge is 0.360 e. The zero-order valence-electron chi connectivity index (χ0n) is 12.2. The summed E-state index contributed by atoms with van der Waals surface area (Å²) in [5.41, 5.74) is 3.61. The molecule has 0 radical (unpaired) electrons. The van der Waals surface area contributed by atoms with Gasteiger partial charge in [0.25, 0.3) is 5.91 Å². The highest BCUT2D eigenvalue weighted by atomic mass is 16.5. The first-order valence-electron chi connectivity index (χ1n) is 7.32. The van der Waals surface area contributed by atoms with Gasteiger partial charge >= 0.3 is 0 Å². The predicted molar refractivity (Wildman–Crippen MR) is 80.0 cm³/mol. The van der Waals surface area contributed by atoms with Crippen LogP contribution in [0.25, 0.3) is 0 Å². The molecule has 2 aromatic rings. The van der Waals surface area contributed by atoms with Gasteiger partial charge in [-0.3, -0.25) is 9.59 Å². The summed E-state index contributed by atoms with van der Waals surface area (Å²) in [6.45, 7) is 2.55. The maximum atomic E-state index is 12.4. The Kier molecular flexibility index (Phi) is 2.79. The Labute approximate surface area is 127 Å². The van der Waals surface area contributed by atoms with Gasteiger partial charge in [-0.1, -0.05) is 5.16 Å². The number of amides is 2. The molecule has 112 valence electrons. The third-order valence-corrected chi connectivity index (χ3v) is 4.14. The van der Waals surface area contributed by atoms with Gasteiger partial charge in [-0.2, -0.15) is 0 Å². The molecule has 2 aliphatic rings. The second kappa shape index (κ2) is 4.69. The van der Waals surface area contributed by atoms with Crippen LogP contribution in [0.3, 0.4) is 0 Å². The Morgan fingerprint density at radius 1 is 1.32 bits per heavy atom. The molecule has 4 rings (SSSR count). The Hall–Kier alpha value is -2.63. The smallest absolute Gasteiger partial charge is 0.256 e. The van der Waals surface area contributed by atoms with Gasteiger partial charge in [-0.15, -0.1) is 0 Å². The van der Waals surface area contributed by atoms with Gasteiger partial charge in [0.05, 0.1) is 12.1 Å². The summed E-state index contributed by atoms with van der Waals surface area (Å²) >= 11 is 0. The Balaban J connectivity index is 1.68. The van der Waals surface area contributed by atoms with Gasteiger partial charge in [-0.25, -0.2) is 0 Å². The summed E-state index contributed by atoms with van der Waals surface area (Å²) in [6, 6.07) is 5.36. The Morgan fingerprint density at radius 3 is 2.91 bits per heavy atom. The van der Waals surface area contributed by atoms with Gasteiger partial charge in [0, 0.05) is 18.2 Å². The highest BCUT2D eigenvalue weighted by Gasteiger charge is 2.32. The lowest BCUT2D eigenvalue weighted by atomic mass is 9.96. The van der Waals surface area contributed by atoms with Gasteiger partial charge in [-0.05, 0) is 43.0 Å². The molecule has 0 fully saturated rings. The number of hydrogen-bond acceptors (Lipinski definition) is 4. The van der Waals surface area contributed by atoms with Gasteiger partial charge in [0.2, 0.25) is 5.91 Å². The molecule has 1 N–H and O–H groups in total. The van der Waals surface area contributed by atoms with Crippen molar-refractivity contribution in [2.75, 3.05) is 16.8 Å². The van der Waals surface area contributed by atoms with E-state index < -0.39 is 0 Å². The number of anilines is 2. The molecule has 0 aliphatic carbocycles. The normalized spacial score (nSPS) is 15.9. The molecule has 2 amide bonds.